The molecule has 0 aromatic carbocycles. The van der Waals surface area contributed by atoms with E-state index in [0.29, 0.717) is 39.0 Å². The first-order valence-corrected chi connectivity index (χ1v) is 7.35. The molecule has 2 saturated heterocycles. The van der Waals surface area contributed by atoms with Gasteiger partial charge in [-0.05, 0) is 32.6 Å². The Morgan fingerprint density at radius 1 is 1.40 bits per heavy atom. The Morgan fingerprint density at radius 3 is 2.65 bits per heavy atom. The molecule has 1 amide bonds. The molecule has 2 heterocycles. The van der Waals surface area contributed by atoms with Crippen molar-refractivity contribution in [3.8, 4) is 0 Å². The molecule has 114 valence electrons. The van der Waals surface area contributed by atoms with Crippen molar-refractivity contribution in [1.82, 2.24) is 10.2 Å². The number of carbonyl (C=O) groups excluding carboxylic acids is 1. The van der Waals surface area contributed by atoms with Gasteiger partial charge in [0.25, 0.3) is 0 Å². The molecule has 2 N–H and O–H groups in total. The number of likely N-dealkylation sites (tertiary alicyclic amines) is 1. The van der Waals surface area contributed by atoms with Crippen molar-refractivity contribution < 1.29 is 19.4 Å². The van der Waals surface area contributed by atoms with Crippen molar-refractivity contribution in [2.75, 3.05) is 32.8 Å². The van der Waals surface area contributed by atoms with Gasteiger partial charge >= 0.3 is 5.97 Å². The van der Waals surface area contributed by atoms with Crippen LogP contribution in [0.3, 0.4) is 0 Å². The number of nitrogens with one attached hydrogen (secondary N) is 1. The summed E-state index contributed by atoms with van der Waals surface area (Å²) in [5, 5.41) is 12.1. The number of hydrogen-bond acceptors (Lipinski definition) is 4. The number of piperidine rings is 1. The lowest BCUT2D eigenvalue weighted by Crippen LogP contribution is -2.46. The van der Waals surface area contributed by atoms with Crippen LogP contribution in [-0.2, 0) is 14.3 Å². The predicted octanol–water partition coefficient (Wildman–Crippen LogP) is 0.468. The van der Waals surface area contributed by atoms with Crippen LogP contribution >= 0.6 is 0 Å². The molecule has 2 aliphatic rings. The number of hydrogen-bond donors (Lipinski definition) is 2. The van der Waals surface area contributed by atoms with Crippen molar-refractivity contribution >= 4 is 11.9 Å². The zero-order valence-corrected chi connectivity index (χ0v) is 12.1. The second-order valence-electron chi connectivity index (χ2n) is 6.00. The van der Waals surface area contributed by atoms with E-state index in [0.717, 1.165) is 19.4 Å². The third-order valence-corrected chi connectivity index (χ3v) is 4.27. The average molecular weight is 284 g/mol. The molecule has 6 heteroatoms. The Balaban J connectivity index is 1.67. The van der Waals surface area contributed by atoms with Crippen LogP contribution in [0.5, 0.6) is 0 Å². The summed E-state index contributed by atoms with van der Waals surface area (Å²) in [6.45, 7) is 4.95. The first-order valence-electron chi connectivity index (χ1n) is 7.35. The Morgan fingerprint density at radius 2 is 2.10 bits per heavy atom. The van der Waals surface area contributed by atoms with Crippen molar-refractivity contribution in [3.63, 3.8) is 0 Å². The first kappa shape index (κ1) is 15.3. The fourth-order valence-electron chi connectivity index (χ4n) is 2.90. The van der Waals surface area contributed by atoms with Crippen LogP contribution in [0.25, 0.3) is 0 Å². The highest BCUT2D eigenvalue weighted by atomic mass is 16.5. The molecule has 0 saturated carbocycles. The van der Waals surface area contributed by atoms with E-state index < -0.39 is 5.97 Å². The van der Waals surface area contributed by atoms with E-state index in [-0.39, 0.29) is 17.4 Å². The number of carboxylic acids is 1. The molecule has 2 rings (SSSR count). The summed E-state index contributed by atoms with van der Waals surface area (Å²) in [4.78, 5) is 24.6. The van der Waals surface area contributed by atoms with Gasteiger partial charge in [0.1, 0.15) is 0 Å². The molecule has 0 spiro atoms. The van der Waals surface area contributed by atoms with Gasteiger partial charge in [0.05, 0.1) is 18.1 Å². The highest BCUT2D eigenvalue weighted by Crippen LogP contribution is 2.23. The van der Waals surface area contributed by atoms with Gasteiger partial charge in [-0.25, -0.2) is 0 Å². The average Bonchev–Trinajstić information content (AvgIpc) is 2.85. The van der Waals surface area contributed by atoms with Gasteiger partial charge in [-0.3, -0.25) is 9.59 Å². The molecule has 0 aromatic rings. The Bertz CT molecular complexity index is 358. The van der Waals surface area contributed by atoms with Crippen LogP contribution in [0, 0.1) is 5.92 Å². The van der Waals surface area contributed by atoms with Gasteiger partial charge in [0.15, 0.2) is 0 Å². The van der Waals surface area contributed by atoms with E-state index in [1.54, 1.807) is 4.90 Å². The van der Waals surface area contributed by atoms with E-state index in [1.807, 2.05) is 0 Å². The molecular weight excluding hydrogens is 260 g/mol. The minimum Gasteiger partial charge on any atom is -0.481 e. The Labute approximate surface area is 119 Å². The van der Waals surface area contributed by atoms with Gasteiger partial charge in [-0.1, -0.05) is 0 Å². The van der Waals surface area contributed by atoms with Gasteiger partial charge in [-0.15, -0.1) is 0 Å². The van der Waals surface area contributed by atoms with Crippen molar-refractivity contribution in [2.24, 2.45) is 5.92 Å². The number of amides is 1. The zero-order chi connectivity index (χ0) is 14.6. The van der Waals surface area contributed by atoms with Crippen molar-refractivity contribution in [3.05, 3.63) is 0 Å². The summed E-state index contributed by atoms with van der Waals surface area (Å²) in [5.41, 5.74) is -0.142. The third kappa shape index (κ3) is 3.93. The van der Waals surface area contributed by atoms with Gasteiger partial charge < -0.3 is 20.1 Å². The lowest BCUT2D eigenvalue weighted by molar-refractivity contribution is -0.145. The maximum atomic E-state index is 12.0. The molecular formula is C14H24N2O4. The molecule has 6 nitrogen and oxygen atoms in total. The standard InChI is InChI=1S/C14H24N2O4/c1-14(5-2-8-20-14)10-15-9-12(17)16-6-3-11(4-7-16)13(18)19/h11,15H,2-10H2,1H3,(H,18,19). The number of carboxylic acid groups (broad SMARTS) is 1. The van der Waals surface area contributed by atoms with Crippen molar-refractivity contribution in [2.45, 2.75) is 38.2 Å². The van der Waals surface area contributed by atoms with Crippen LogP contribution < -0.4 is 5.32 Å². The second kappa shape index (κ2) is 6.54. The molecule has 0 radical (unpaired) electrons. The Hall–Kier alpha value is -1.14. The van der Waals surface area contributed by atoms with Crippen LogP contribution in [0.4, 0.5) is 0 Å². The number of aliphatic carboxylic acids is 1. The number of carbonyl (C=O) groups is 2. The predicted molar refractivity (Wildman–Crippen MR) is 73.4 cm³/mol. The molecule has 2 fully saturated rings. The maximum Gasteiger partial charge on any atom is 0.306 e. The summed E-state index contributed by atoms with van der Waals surface area (Å²) < 4.78 is 5.66. The summed E-state index contributed by atoms with van der Waals surface area (Å²) in [5.74, 6) is -0.991. The smallest absolute Gasteiger partial charge is 0.306 e. The lowest BCUT2D eigenvalue weighted by Gasteiger charge is -2.31. The largest absolute Gasteiger partial charge is 0.481 e. The maximum absolute atomic E-state index is 12.0. The fourth-order valence-corrected chi connectivity index (χ4v) is 2.90. The van der Waals surface area contributed by atoms with Gasteiger partial charge in [-0.2, -0.15) is 0 Å². The minimum absolute atomic E-state index is 0.0513. The monoisotopic (exact) mass is 284 g/mol. The Kier molecular flexibility index (Phi) is 4.99. The zero-order valence-electron chi connectivity index (χ0n) is 12.1. The van der Waals surface area contributed by atoms with Gasteiger partial charge in [0.2, 0.25) is 5.91 Å². The molecule has 0 bridgehead atoms. The molecule has 0 aromatic heterocycles. The minimum atomic E-state index is -0.749. The van der Waals surface area contributed by atoms with Crippen LogP contribution in [0.15, 0.2) is 0 Å². The molecule has 1 unspecified atom stereocenters. The first-order chi connectivity index (χ1) is 9.50. The summed E-state index contributed by atoms with van der Waals surface area (Å²) in [7, 11) is 0. The quantitative estimate of drug-likeness (QED) is 0.767. The van der Waals surface area contributed by atoms with Crippen LogP contribution in [0.2, 0.25) is 0 Å². The van der Waals surface area contributed by atoms with Crippen LogP contribution in [0.1, 0.15) is 32.6 Å². The molecule has 2 aliphatic heterocycles. The highest BCUT2D eigenvalue weighted by Gasteiger charge is 2.30. The topological polar surface area (TPSA) is 78.9 Å². The molecule has 20 heavy (non-hydrogen) atoms. The summed E-state index contributed by atoms with van der Waals surface area (Å²) >= 11 is 0. The van der Waals surface area contributed by atoms with Crippen molar-refractivity contribution in [1.29, 1.82) is 0 Å². The van der Waals surface area contributed by atoms with E-state index in [2.05, 4.69) is 12.2 Å². The second-order valence-corrected chi connectivity index (χ2v) is 6.00. The van der Waals surface area contributed by atoms with E-state index in [4.69, 9.17) is 9.84 Å². The number of nitrogens with zero attached hydrogens (tertiary/aromatic N) is 1. The lowest BCUT2D eigenvalue weighted by atomic mass is 9.97. The fraction of sp³-hybridized carbons (Fsp3) is 0.857. The summed E-state index contributed by atoms with van der Waals surface area (Å²) in [6, 6.07) is 0. The number of rotatable bonds is 5. The van der Waals surface area contributed by atoms with E-state index in [9.17, 15) is 9.59 Å². The summed E-state index contributed by atoms with van der Waals surface area (Å²) in [6.07, 6.45) is 3.22. The van der Waals surface area contributed by atoms with E-state index >= 15 is 0 Å². The molecule has 0 aliphatic carbocycles. The molecule has 1 atom stereocenters. The highest BCUT2D eigenvalue weighted by molar-refractivity contribution is 5.78. The van der Waals surface area contributed by atoms with Gasteiger partial charge in [0, 0.05) is 26.2 Å². The van der Waals surface area contributed by atoms with Crippen LogP contribution in [-0.4, -0.2) is 60.3 Å². The SMILES string of the molecule is CC1(CNCC(=O)N2CCC(C(=O)O)CC2)CCCO1. The number of ether oxygens (including phenoxy) is 1. The normalized spacial score (nSPS) is 27.8. The third-order valence-electron chi connectivity index (χ3n) is 4.27. The van der Waals surface area contributed by atoms with E-state index in [1.165, 1.54) is 0 Å².